The summed E-state index contributed by atoms with van der Waals surface area (Å²) in [6, 6.07) is 13.3. The quantitative estimate of drug-likeness (QED) is 0.650. The van der Waals surface area contributed by atoms with Gasteiger partial charge in [0.05, 0.1) is 10.8 Å². The maximum absolute atomic E-state index is 12.1. The molecule has 0 aliphatic heterocycles. The molecule has 3 N–H and O–H groups in total. The van der Waals surface area contributed by atoms with Crippen LogP contribution in [0.2, 0.25) is 5.02 Å². The molecule has 0 aliphatic carbocycles. The van der Waals surface area contributed by atoms with E-state index in [1.165, 1.54) is 11.8 Å². The molecule has 21 heavy (non-hydrogen) atoms. The van der Waals surface area contributed by atoms with Gasteiger partial charge in [-0.25, -0.2) is 4.79 Å². The fourth-order valence-corrected chi connectivity index (χ4v) is 2.80. The number of hydrogen-bond donors (Lipinski definition) is 2. The Hall–Kier alpha value is -1.98. The van der Waals surface area contributed by atoms with Gasteiger partial charge in [-0.05, 0) is 36.4 Å². The van der Waals surface area contributed by atoms with Crippen LogP contribution in [0.25, 0.3) is 0 Å². The number of urea groups is 1. The molecule has 0 aromatic heterocycles. The van der Waals surface area contributed by atoms with Gasteiger partial charge in [-0.3, -0.25) is 4.79 Å². The van der Waals surface area contributed by atoms with E-state index in [1.807, 2.05) is 18.2 Å². The number of ketones is 1. The fourth-order valence-electron chi connectivity index (χ4n) is 1.67. The van der Waals surface area contributed by atoms with Gasteiger partial charge in [-0.1, -0.05) is 23.7 Å². The van der Waals surface area contributed by atoms with E-state index in [-0.39, 0.29) is 5.78 Å². The molecule has 0 unspecified atom stereocenters. The third-order valence-corrected chi connectivity index (χ3v) is 4.18. The van der Waals surface area contributed by atoms with E-state index in [4.69, 9.17) is 17.3 Å². The SMILES string of the molecule is NC(=O)Nc1ccc(C(=O)CSc2ccccc2Cl)cc1. The molecule has 4 nitrogen and oxygen atoms in total. The molecule has 0 saturated carbocycles. The molecule has 0 radical (unpaired) electrons. The van der Waals surface area contributed by atoms with E-state index in [0.717, 1.165) is 4.90 Å². The number of anilines is 1. The number of nitrogens with one attached hydrogen (secondary N) is 1. The van der Waals surface area contributed by atoms with Gasteiger partial charge in [-0.2, -0.15) is 0 Å². The molecule has 0 spiro atoms. The topological polar surface area (TPSA) is 72.2 Å². The van der Waals surface area contributed by atoms with Gasteiger partial charge < -0.3 is 11.1 Å². The smallest absolute Gasteiger partial charge is 0.316 e. The molecule has 2 amide bonds. The monoisotopic (exact) mass is 320 g/mol. The van der Waals surface area contributed by atoms with E-state index in [1.54, 1.807) is 30.3 Å². The number of benzene rings is 2. The van der Waals surface area contributed by atoms with Crippen molar-refractivity contribution in [2.24, 2.45) is 5.73 Å². The molecular formula is C15H13ClN2O2S. The van der Waals surface area contributed by atoms with Gasteiger partial charge >= 0.3 is 6.03 Å². The van der Waals surface area contributed by atoms with Crippen molar-refractivity contribution in [2.75, 3.05) is 11.1 Å². The Morgan fingerprint density at radius 2 is 1.76 bits per heavy atom. The first-order valence-electron chi connectivity index (χ1n) is 6.13. The van der Waals surface area contributed by atoms with Crippen molar-refractivity contribution in [1.29, 1.82) is 0 Å². The molecule has 0 bridgehead atoms. The average Bonchev–Trinajstić information content (AvgIpc) is 2.46. The third-order valence-electron chi connectivity index (χ3n) is 2.67. The summed E-state index contributed by atoms with van der Waals surface area (Å²) in [6.45, 7) is 0. The van der Waals surface area contributed by atoms with Gasteiger partial charge in [0.25, 0.3) is 0 Å². The second-order valence-corrected chi connectivity index (χ2v) is 5.63. The van der Waals surface area contributed by atoms with Gasteiger partial charge in [0, 0.05) is 16.1 Å². The molecule has 108 valence electrons. The van der Waals surface area contributed by atoms with Crippen LogP contribution >= 0.6 is 23.4 Å². The van der Waals surface area contributed by atoms with E-state index < -0.39 is 6.03 Å². The summed E-state index contributed by atoms with van der Waals surface area (Å²) in [5.74, 6) is 0.289. The fraction of sp³-hybridized carbons (Fsp3) is 0.0667. The number of nitrogens with two attached hydrogens (primary N) is 1. The summed E-state index contributed by atoms with van der Waals surface area (Å²) >= 11 is 7.43. The van der Waals surface area contributed by atoms with Crippen molar-refractivity contribution in [3.05, 3.63) is 59.1 Å². The Balaban J connectivity index is 1.97. The van der Waals surface area contributed by atoms with E-state index in [2.05, 4.69) is 5.32 Å². The van der Waals surface area contributed by atoms with Crippen LogP contribution in [0.5, 0.6) is 0 Å². The highest BCUT2D eigenvalue weighted by Gasteiger charge is 2.08. The molecule has 0 fully saturated rings. The second-order valence-electron chi connectivity index (χ2n) is 4.21. The van der Waals surface area contributed by atoms with Crippen LogP contribution in [0.4, 0.5) is 10.5 Å². The Bertz CT molecular complexity index is 659. The number of primary amides is 1. The zero-order valence-electron chi connectivity index (χ0n) is 11.0. The standard InChI is InChI=1S/C15H13ClN2O2S/c16-12-3-1-2-4-14(12)21-9-13(19)10-5-7-11(8-6-10)18-15(17)20/h1-8H,9H2,(H3,17,18,20). The Labute approximate surface area is 131 Å². The van der Waals surface area contributed by atoms with Crippen molar-refractivity contribution in [3.63, 3.8) is 0 Å². The lowest BCUT2D eigenvalue weighted by Gasteiger charge is -2.05. The number of halogens is 1. The molecule has 0 atom stereocenters. The maximum atomic E-state index is 12.1. The molecule has 0 saturated heterocycles. The van der Waals surface area contributed by atoms with Crippen molar-refractivity contribution in [3.8, 4) is 0 Å². The first kappa shape index (κ1) is 15.4. The molecule has 2 rings (SSSR count). The van der Waals surface area contributed by atoms with Crippen LogP contribution in [0.15, 0.2) is 53.4 Å². The Kier molecular flexibility index (Phi) is 5.25. The van der Waals surface area contributed by atoms with Gasteiger partial charge in [0.2, 0.25) is 0 Å². The van der Waals surface area contributed by atoms with Crippen LogP contribution in [-0.4, -0.2) is 17.6 Å². The van der Waals surface area contributed by atoms with Crippen LogP contribution < -0.4 is 11.1 Å². The highest BCUT2D eigenvalue weighted by Crippen LogP contribution is 2.27. The number of carbonyl (C=O) groups is 2. The molecule has 2 aromatic rings. The first-order valence-corrected chi connectivity index (χ1v) is 7.49. The highest BCUT2D eigenvalue weighted by molar-refractivity contribution is 8.00. The largest absolute Gasteiger partial charge is 0.351 e. The molecule has 2 aromatic carbocycles. The number of carbonyl (C=O) groups excluding carboxylic acids is 2. The zero-order valence-corrected chi connectivity index (χ0v) is 12.6. The van der Waals surface area contributed by atoms with Crippen LogP contribution in [0.1, 0.15) is 10.4 Å². The van der Waals surface area contributed by atoms with E-state index in [9.17, 15) is 9.59 Å². The lowest BCUT2D eigenvalue weighted by atomic mass is 10.1. The van der Waals surface area contributed by atoms with Crippen molar-refractivity contribution < 1.29 is 9.59 Å². The van der Waals surface area contributed by atoms with Crippen molar-refractivity contribution in [2.45, 2.75) is 4.90 Å². The maximum Gasteiger partial charge on any atom is 0.316 e. The summed E-state index contributed by atoms with van der Waals surface area (Å²) in [4.78, 5) is 23.7. The second kappa shape index (κ2) is 7.15. The Morgan fingerprint density at radius 3 is 2.38 bits per heavy atom. The van der Waals surface area contributed by atoms with Gasteiger partial charge in [0.1, 0.15) is 0 Å². The Morgan fingerprint density at radius 1 is 1.10 bits per heavy atom. The summed E-state index contributed by atoms with van der Waals surface area (Å²) in [6.07, 6.45) is 0. The van der Waals surface area contributed by atoms with E-state index in [0.29, 0.717) is 22.0 Å². The molecular weight excluding hydrogens is 308 g/mol. The van der Waals surface area contributed by atoms with Crippen LogP contribution in [0, 0.1) is 0 Å². The zero-order chi connectivity index (χ0) is 15.2. The predicted octanol–water partition coefficient (Wildman–Crippen LogP) is 3.81. The molecule has 0 aliphatic rings. The lowest BCUT2D eigenvalue weighted by molar-refractivity contribution is 0.102. The van der Waals surface area contributed by atoms with Crippen LogP contribution in [-0.2, 0) is 0 Å². The van der Waals surface area contributed by atoms with Gasteiger partial charge in [-0.15, -0.1) is 11.8 Å². The summed E-state index contributed by atoms with van der Waals surface area (Å²) < 4.78 is 0. The minimum atomic E-state index is -0.636. The van der Waals surface area contributed by atoms with Gasteiger partial charge in [0.15, 0.2) is 5.78 Å². The first-order chi connectivity index (χ1) is 10.1. The minimum Gasteiger partial charge on any atom is -0.351 e. The molecule has 6 heteroatoms. The summed E-state index contributed by atoms with van der Waals surface area (Å²) in [5, 5.41) is 3.08. The third kappa shape index (κ3) is 4.51. The summed E-state index contributed by atoms with van der Waals surface area (Å²) in [5.41, 5.74) is 6.14. The van der Waals surface area contributed by atoms with Crippen molar-refractivity contribution >= 4 is 40.9 Å². The van der Waals surface area contributed by atoms with E-state index >= 15 is 0 Å². The minimum absolute atomic E-state index is 0.00875. The lowest BCUT2D eigenvalue weighted by Crippen LogP contribution is -2.19. The predicted molar refractivity (Wildman–Crippen MR) is 86.2 cm³/mol. The highest BCUT2D eigenvalue weighted by atomic mass is 35.5. The normalized spacial score (nSPS) is 10.1. The van der Waals surface area contributed by atoms with Crippen LogP contribution in [0.3, 0.4) is 0 Å². The number of Topliss-reactive ketones (excluding diaryl/α,β-unsaturated/α-hetero) is 1. The average molecular weight is 321 g/mol. The van der Waals surface area contributed by atoms with Crippen molar-refractivity contribution in [1.82, 2.24) is 0 Å². The number of hydrogen-bond acceptors (Lipinski definition) is 3. The molecule has 0 heterocycles. The number of amides is 2. The number of rotatable bonds is 5. The summed E-state index contributed by atoms with van der Waals surface area (Å²) in [7, 11) is 0. The number of thioether (sulfide) groups is 1.